The van der Waals surface area contributed by atoms with Crippen LogP contribution in [0.15, 0.2) is 36.5 Å². The Labute approximate surface area is 147 Å². The highest BCUT2D eigenvalue weighted by Crippen LogP contribution is 2.40. The number of aromatic nitrogens is 2. The van der Waals surface area contributed by atoms with Gasteiger partial charge >= 0.3 is 0 Å². The van der Waals surface area contributed by atoms with Gasteiger partial charge in [-0.1, -0.05) is 30.3 Å². The van der Waals surface area contributed by atoms with E-state index in [0.717, 1.165) is 23.2 Å². The van der Waals surface area contributed by atoms with Gasteiger partial charge in [-0.05, 0) is 13.3 Å². The Kier molecular flexibility index (Phi) is 4.10. The van der Waals surface area contributed by atoms with Crippen LogP contribution in [0.1, 0.15) is 24.6 Å². The summed E-state index contributed by atoms with van der Waals surface area (Å²) in [7, 11) is -3.20. The van der Waals surface area contributed by atoms with Crippen molar-refractivity contribution in [3.8, 4) is 11.4 Å². The maximum absolute atomic E-state index is 12.3. The molecule has 1 atom stereocenters. The number of hydrogen-bond acceptors (Lipinski definition) is 5. The Morgan fingerprint density at radius 1 is 1.28 bits per heavy atom. The maximum Gasteiger partial charge on any atom is 0.213 e. The smallest absolute Gasteiger partial charge is 0.213 e. The molecule has 1 fully saturated rings. The van der Waals surface area contributed by atoms with Gasteiger partial charge in [0.15, 0.2) is 5.82 Å². The Balaban J connectivity index is 1.75. The van der Waals surface area contributed by atoms with Crippen LogP contribution in [0.3, 0.4) is 0 Å². The zero-order valence-electron chi connectivity index (χ0n) is 14.2. The van der Waals surface area contributed by atoms with E-state index in [-0.39, 0.29) is 11.2 Å². The molecule has 0 radical (unpaired) electrons. The normalized spacial score (nSPS) is 23.7. The van der Waals surface area contributed by atoms with Crippen molar-refractivity contribution in [1.82, 2.24) is 14.3 Å². The fourth-order valence-electron chi connectivity index (χ4n) is 3.69. The summed E-state index contributed by atoms with van der Waals surface area (Å²) in [5.41, 5.74) is 2.49. The van der Waals surface area contributed by atoms with Crippen LogP contribution in [0.5, 0.6) is 0 Å². The molecule has 25 heavy (non-hydrogen) atoms. The van der Waals surface area contributed by atoms with Gasteiger partial charge in [0.2, 0.25) is 10.0 Å². The van der Waals surface area contributed by atoms with Gasteiger partial charge in [-0.25, -0.2) is 22.7 Å². The predicted molar refractivity (Wildman–Crippen MR) is 94.5 cm³/mol. The van der Waals surface area contributed by atoms with Crippen molar-refractivity contribution in [3.05, 3.63) is 47.8 Å². The van der Waals surface area contributed by atoms with Crippen molar-refractivity contribution in [2.45, 2.75) is 25.4 Å². The van der Waals surface area contributed by atoms with Crippen LogP contribution in [0.25, 0.3) is 11.4 Å². The minimum atomic E-state index is -3.20. The summed E-state index contributed by atoms with van der Waals surface area (Å²) in [6.07, 6.45) is 2.55. The summed E-state index contributed by atoms with van der Waals surface area (Å²) in [6.45, 7) is 3.61. The van der Waals surface area contributed by atoms with E-state index in [4.69, 9.17) is 9.72 Å². The summed E-state index contributed by atoms with van der Waals surface area (Å²) < 4.78 is 31.9. The molecule has 0 amide bonds. The number of rotatable bonds is 3. The van der Waals surface area contributed by atoms with Crippen LogP contribution in [0.4, 0.5) is 0 Å². The van der Waals surface area contributed by atoms with Gasteiger partial charge in [0.1, 0.15) is 0 Å². The third kappa shape index (κ3) is 2.86. The minimum Gasteiger partial charge on any atom is -0.376 e. The molecule has 0 saturated carbocycles. The minimum absolute atomic E-state index is 0.121. The molecule has 0 unspecified atom stereocenters. The lowest BCUT2D eigenvalue weighted by molar-refractivity contribution is 0.0532. The largest absolute Gasteiger partial charge is 0.376 e. The molecule has 3 heterocycles. The van der Waals surface area contributed by atoms with E-state index >= 15 is 0 Å². The number of fused-ring (bicyclic) bond motifs is 2. The highest BCUT2D eigenvalue weighted by Gasteiger charge is 2.47. The first-order chi connectivity index (χ1) is 12.0. The van der Waals surface area contributed by atoms with Gasteiger partial charge in [-0.2, -0.15) is 0 Å². The Bertz CT molecular complexity index is 886. The topological polar surface area (TPSA) is 72.4 Å². The second-order valence-electron chi connectivity index (χ2n) is 6.69. The first-order valence-corrected chi connectivity index (χ1v) is 10.1. The summed E-state index contributed by atoms with van der Waals surface area (Å²) in [6, 6.07) is 9.85. The zero-order valence-corrected chi connectivity index (χ0v) is 15.0. The summed E-state index contributed by atoms with van der Waals surface area (Å²) in [4.78, 5) is 9.33. The van der Waals surface area contributed by atoms with Gasteiger partial charge in [0.05, 0.1) is 30.1 Å². The predicted octanol–water partition coefficient (Wildman–Crippen LogP) is 1.97. The van der Waals surface area contributed by atoms with Crippen molar-refractivity contribution in [2.24, 2.45) is 0 Å². The monoisotopic (exact) mass is 359 g/mol. The van der Waals surface area contributed by atoms with Gasteiger partial charge in [0.25, 0.3) is 0 Å². The van der Waals surface area contributed by atoms with E-state index in [1.54, 1.807) is 11.2 Å². The zero-order chi connectivity index (χ0) is 17.5. The molecule has 4 rings (SSSR count). The molecule has 2 aliphatic heterocycles. The molecule has 2 aromatic rings. The number of hydrogen-bond donors (Lipinski definition) is 0. The van der Waals surface area contributed by atoms with Crippen LogP contribution in [0.2, 0.25) is 0 Å². The lowest BCUT2D eigenvalue weighted by atomic mass is 9.80. The number of benzene rings is 1. The van der Waals surface area contributed by atoms with E-state index < -0.39 is 10.0 Å². The van der Waals surface area contributed by atoms with Crippen LogP contribution < -0.4 is 0 Å². The lowest BCUT2D eigenvalue weighted by Gasteiger charge is -2.34. The summed E-state index contributed by atoms with van der Waals surface area (Å²) in [5.74, 6) is 0.799. The van der Waals surface area contributed by atoms with Crippen molar-refractivity contribution in [3.63, 3.8) is 0 Å². The number of sulfonamides is 1. The van der Waals surface area contributed by atoms with E-state index in [9.17, 15) is 8.42 Å². The van der Waals surface area contributed by atoms with Gasteiger partial charge in [0, 0.05) is 30.4 Å². The molecule has 6 nitrogen and oxygen atoms in total. The average Bonchev–Trinajstić information content (AvgIpc) is 3.08. The fraction of sp³-hybridized carbons (Fsp3) is 0.444. The van der Waals surface area contributed by atoms with E-state index in [2.05, 4.69) is 4.98 Å². The van der Waals surface area contributed by atoms with Crippen molar-refractivity contribution in [2.75, 3.05) is 25.4 Å². The average molecular weight is 359 g/mol. The van der Waals surface area contributed by atoms with Crippen molar-refractivity contribution in [1.29, 1.82) is 0 Å². The molecule has 132 valence electrons. The molecule has 0 N–H and O–H groups in total. The van der Waals surface area contributed by atoms with Crippen molar-refractivity contribution < 1.29 is 13.2 Å². The molecule has 0 bridgehead atoms. The SMILES string of the molecule is CCS(=O)(=O)N1CC[C@@]2(COCc3cnc(-c4ccccc4)nc32)C1. The molecule has 2 aliphatic rings. The second kappa shape index (κ2) is 6.16. The Morgan fingerprint density at radius 2 is 2.08 bits per heavy atom. The molecule has 1 aromatic heterocycles. The van der Waals surface area contributed by atoms with E-state index in [1.165, 1.54) is 0 Å². The molecule has 1 saturated heterocycles. The van der Waals surface area contributed by atoms with Gasteiger partial charge in [-0.15, -0.1) is 0 Å². The van der Waals surface area contributed by atoms with Crippen LogP contribution in [-0.4, -0.2) is 48.1 Å². The third-order valence-corrected chi connectivity index (χ3v) is 6.94. The molecule has 1 aromatic carbocycles. The quantitative estimate of drug-likeness (QED) is 0.838. The lowest BCUT2D eigenvalue weighted by Crippen LogP contribution is -2.42. The van der Waals surface area contributed by atoms with E-state index in [1.807, 2.05) is 36.5 Å². The van der Waals surface area contributed by atoms with Crippen LogP contribution in [-0.2, 0) is 26.8 Å². The summed E-state index contributed by atoms with van der Waals surface area (Å²) >= 11 is 0. The highest BCUT2D eigenvalue weighted by molar-refractivity contribution is 7.89. The Hall–Kier alpha value is -1.83. The number of ether oxygens (including phenoxy) is 1. The summed E-state index contributed by atoms with van der Waals surface area (Å²) in [5, 5.41) is 0. The van der Waals surface area contributed by atoms with Crippen LogP contribution in [0, 0.1) is 0 Å². The van der Waals surface area contributed by atoms with E-state index in [0.29, 0.717) is 32.1 Å². The van der Waals surface area contributed by atoms with Crippen molar-refractivity contribution >= 4 is 10.0 Å². The van der Waals surface area contributed by atoms with Crippen LogP contribution >= 0.6 is 0 Å². The molecule has 7 heteroatoms. The van der Waals surface area contributed by atoms with Gasteiger partial charge < -0.3 is 4.74 Å². The maximum atomic E-state index is 12.3. The fourth-order valence-corrected chi connectivity index (χ4v) is 4.87. The standard InChI is InChI=1S/C18H21N3O3S/c1-2-25(22,23)21-9-8-18(12-21)13-24-11-15-10-19-17(20-16(15)18)14-6-4-3-5-7-14/h3-7,10H,2,8-9,11-13H2,1H3/t18-/m0/s1. The second-order valence-corrected chi connectivity index (χ2v) is 8.95. The molecular formula is C18H21N3O3S. The Morgan fingerprint density at radius 3 is 2.84 bits per heavy atom. The third-order valence-electron chi connectivity index (χ3n) is 5.11. The van der Waals surface area contributed by atoms with Gasteiger partial charge in [-0.3, -0.25) is 0 Å². The highest BCUT2D eigenvalue weighted by atomic mass is 32.2. The molecular weight excluding hydrogens is 338 g/mol. The number of nitrogens with zero attached hydrogens (tertiary/aromatic N) is 3. The first-order valence-electron chi connectivity index (χ1n) is 8.51. The first kappa shape index (κ1) is 16.6. The molecule has 1 spiro atoms. The molecule has 0 aliphatic carbocycles.